The SMILES string of the molecule is C=C(F)C(C)(C)[C@H](C#N)C(=O)N[C@H](C)COc1cc(F)ccc1F. The highest BCUT2D eigenvalue weighted by Gasteiger charge is 2.38. The molecule has 0 aliphatic rings. The van der Waals surface area contributed by atoms with Gasteiger partial charge in [0.2, 0.25) is 5.91 Å². The van der Waals surface area contributed by atoms with E-state index in [1.54, 1.807) is 13.0 Å². The average Bonchev–Trinajstić information content (AvgIpc) is 2.48. The van der Waals surface area contributed by atoms with E-state index in [0.717, 1.165) is 18.2 Å². The molecular weight excluding hydrogens is 321 g/mol. The molecule has 0 fully saturated rings. The van der Waals surface area contributed by atoms with Gasteiger partial charge in [-0.15, -0.1) is 0 Å². The van der Waals surface area contributed by atoms with Crippen molar-refractivity contribution < 1.29 is 22.7 Å². The number of ether oxygens (including phenoxy) is 1. The van der Waals surface area contributed by atoms with Crippen LogP contribution in [0.3, 0.4) is 0 Å². The maximum Gasteiger partial charge on any atom is 0.238 e. The van der Waals surface area contributed by atoms with E-state index in [4.69, 9.17) is 10.00 Å². The molecular formula is C17H19F3N2O2. The first-order valence-electron chi connectivity index (χ1n) is 7.22. The lowest BCUT2D eigenvalue weighted by Crippen LogP contribution is -2.44. The molecule has 4 nitrogen and oxygen atoms in total. The summed E-state index contributed by atoms with van der Waals surface area (Å²) in [6.45, 7) is 7.35. The third kappa shape index (κ3) is 4.75. The monoisotopic (exact) mass is 340 g/mol. The van der Waals surface area contributed by atoms with Crippen molar-refractivity contribution in [3.63, 3.8) is 0 Å². The van der Waals surface area contributed by atoms with Gasteiger partial charge in [-0.3, -0.25) is 4.79 Å². The number of carbonyl (C=O) groups is 1. The third-order valence-electron chi connectivity index (χ3n) is 3.58. The fourth-order valence-electron chi connectivity index (χ4n) is 1.87. The zero-order chi connectivity index (χ0) is 18.5. The summed E-state index contributed by atoms with van der Waals surface area (Å²) in [5.74, 6) is -4.45. The van der Waals surface area contributed by atoms with E-state index in [9.17, 15) is 18.0 Å². The minimum absolute atomic E-state index is 0.152. The molecule has 7 heteroatoms. The molecule has 0 spiro atoms. The maximum atomic E-state index is 13.4. The summed E-state index contributed by atoms with van der Waals surface area (Å²) >= 11 is 0. The lowest BCUT2D eigenvalue weighted by molar-refractivity contribution is -0.126. The van der Waals surface area contributed by atoms with Gasteiger partial charge >= 0.3 is 0 Å². The normalized spacial score (nSPS) is 13.5. The van der Waals surface area contributed by atoms with Crippen molar-refractivity contribution in [2.75, 3.05) is 6.61 Å². The molecule has 0 aliphatic heterocycles. The number of halogens is 3. The highest BCUT2D eigenvalue weighted by molar-refractivity contribution is 5.82. The predicted molar refractivity (Wildman–Crippen MR) is 82.6 cm³/mol. The van der Waals surface area contributed by atoms with E-state index in [1.165, 1.54) is 13.8 Å². The Hall–Kier alpha value is -2.49. The number of rotatable bonds is 7. The number of carbonyl (C=O) groups excluding carboxylic acids is 1. The van der Waals surface area contributed by atoms with E-state index in [0.29, 0.717) is 0 Å². The summed E-state index contributed by atoms with van der Waals surface area (Å²) in [5, 5.41) is 11.6. The van der Waals surface area contributed by atoms with Crippen molar-refractivity contribution in [2.45, 2.75) is 26.8 Å². The Morgan fingerprint density at radius 3 is 2.62 bits per heavy atom. The number of nitrogens with zero attached hydrogens (tertiary/aromatic N) is 1. The Morgan fingerprint density at radius 1 is 1.46 bits per heavy atom. The largest absolute Gasteiger partial charge is 0.488 e. The third-order valence-corrected chi connectivity index (χ3v) is 3.58. The van der Waals surface area contributed by atoms with Gasteiger partial charge in [0.05, 0.1) is 12.1 Å². The summed E-state index contributed by atoms with van der Waals surface area (Å²) in [6, 6.07) is 3.91. The van der Waals surface area contributed by atoms with Crippen molar-refractivity contribution in [3.05, 3.63) is 42.2 Å². The molecule has 1 amide bonds. The average molecular weight is 340 g/mol. The van der Waals surface area contributed by atoms with Crippen molar-refractivity contribution in [1.82, 2.24) is 5.32 Å². The molecule has 1 aromatic rings. The van der Waals surface area contributed by atoms with Gasteiger partial charge in [0.1, 0.15) is 24.2 Å². The summed E-state index contributed by atoms with van der Waals surface area (Å²) in [6.07, 6.45) is 0. The second kappa shape index (κ2) is 7.86. The summed E-state index contributed by atoms with van der Waals surface area (Å²) in [4.78, 5) is 12.1. The van der Waals surface area contributed by atoms with E-state index in [1.807, 2.05) is 0 Å². The van der Waals surface area contributed by atoms with Crippen LogP contribution in [0, 0.1) is 34.3 Å². The van der Waals surface area contributed by atoms with Crippen molar-refractivity contribution in [2.24, 2.45) is 11.3 Å². The van der Waals surface area contributed by atoms with Crippen molar-refractivity contribution in [3.8, 4) is 11.8 Å². The van der Waals surface area contributed by atoms with Gasteiger partial charge in [-0.2, -0.15) is 5.26 Å². The van der Waals surface area contributed by atoms with Crippen LogP contribution < -0.4 is 10.1 Å². The lowest BCUT2D eigenvalue weighted by atomic mass is 9.78. The van der Waals surface area contributed by atoms with Gasteiger partial charge in [0, 0.05) is 11.5 Å². The van der Waals surface area contributed by atoms with Gasteiger partial charge in [0.15, 0.2) is 11.6 Å². The first-order valence-corrected chi connectivity index (χ1v) is 7.22. The van der Waals surface area contributed by atoms with E-state index in [-0.39, 0.29) is 12.4 Å². The number of amides is 1. The molecule has 0 aliphatic carbocycles. The first kappa shape index (κ1) is 19.6. The zero-order valence-electron chi connectivity index (χ0n) is 13.7. The Labute approximate surface area is 138 Å². The van der Waals surface area contributed by atoms with E-state index < -0.39 is 40.7 Å². The molecule has 24 heavy (non-hydrogen) atoms. The Bertz CT molecular complexity index is 668. The molecule has 0 saturated heterocycles. The first-order chi connectivity index (χ1) is 11.1. The second-order valence-electron chi connectivity index (χ2n) is 5.98. The van der Waals surface area contributed by atoms with Crippen LogP contribution in [0.5, 0.6) is 5.75 Å². The van der Waals surface area contributed by atoms with Crippen LogP contribution in [0.25, 0.3) is 0 Å². The second-order valence-corrected chi connectivity index (χ2v) is 5.98. The summed E-state index contributed by atoms with van der Waals surface area (Å²) < 4.78 is 45.0. The van der Waals surface area contributed by atoms with Gasteiger partial charge in [-0.25, -0.2) is 13.2 Å². The van der Waals surface area contributed by atoms with Crippen LogP contribution in [0.1, 0.15) is 20.8 Å². The topological polar surface area (TPSA) is 62.1 Å². The van der Waals surface area contributed by atoms with Crippen molar-refractivity contribution in [1.29, 1.82) is 5.26 Å². The van der Waals surface area contributed by atoms with Gasteiger partial charge in [-0.05, 0) is 19.1 Å². The minimum atomic E-state index is -1.35. The molecule has 1 rings (SSSR count). The Balaban J connectivity index is 2.68. The maximum absolute atomic E-state index is 13.4. The van der Waals surface area contributed by atoms with Gasteiger partial charge in [-0.1, -0.05) is 20.4 Å². The smallest absolute Gasteiger partial charge is 0.238 e. The molecule has 1 aromatic carbocycles. The number of nitriles is 1. The number of allylic oxidation sites excluding steroid dienone is 1. The molecule has 1 N–H and O–H groups in total. The lowest BCUT2D eigenvalue weighted by Gasteiger charge is -2.27. The quantitative estimate of drug-likeness (QED) is 0.826. The van der Waals surface area contributed by atoms with E-state index in [2.05, 4.69) is 11.9 Å². The molecule has 0 radical (unpaired) electrons. The van der Waals surface area contributed by atoms with Gasteiger partial charge in [0.25, 0.3) is 0 Å². The molecule has 0 unspecified atom stereocenters. The molecule has 0 bridgehead atoms. The number of hydrogen-bond donors (Lipinski definition) is 1. The molecule has 0 heterocycles. The van der Waals surface area contributed by atoms with Crippen LogP contribution in [0.2, 0.25) is 0 Å². The van der Waals surface area contributed by atoms with Crippen LogP contribution in [-0.2, 0) is 4.79 Å². The standard InChI is InChI=1S/C17H19F3N2O2/c1-10(9-24-15-7-12(19)5-6-14(15)20)22-16(23)13(8-21)17(3,4)11(2)18/h5-7,10,13H,2,9H2,1,3-4H3,(H,22,23)/t10-,13-/m1/s1. The van der Waals surface area contributed by atoms with Gasteiger partial charge < -0.3 is 10.1 Å². The number of benzene rings is 1. The minimum Gasteiger partial charge on any atom is -0.488 e. The predicted octanol–water partition coefficient (Wildman–Crippen LogP) is 3.50. The highest BCUT2D eigenvalue weighted by atomic mass is 19.1. The molecule has 0 saturated carbocycles. The van der Waals surface area contributed by atoms with Crippen LogP contribution in [0.15, 0.2) is 30.6 Å². The van der Waals surface area contributed by atoms with Crippen LogP contribution in [-0.4, -0.2) is 18.6 Å². The molecule has 0 aromatic heterocycles. The van der Waals surface area contributed by atoms with Crippen LogP contribution >= 0.6 is 0 Å². The number of hydrogen-bond acceptors (Lipinski definition) is 3. The fraction of sp³-hybridized carbons (Fsp3) is 0.412. The fourth-order valence-corrected chi connectivity index (χ4v) is 1.87. The molecule has 2 atom stereocenters. The Kier molecular flexibility index (Phi) is 6.41. The number of nitrogens with one attached hydrogen (secondary N) is 1. The van der Waals surface area contributed by atoms with E-state index >= 15 is 0 Å². The summed E-state index contributed by atoms with van der Waals surface area (Å²) in [5.41, 5.74) is -1.35. The molecule has 130 valence electrons. The van der Waals surface area contributed by atoms with Crippen molar-refractivity contribution >= 4 is 5.91 Å². The van der Waals surface area contributed by atoms with Crippen LogP contribution in [0.4, 0.5) is 13.2 Å². The Morgan fingerprint density at radius 2 is 2.08 bits per heavy atom. The highest BCUT2D eigenvalue weighted by Crippen LogP contribution is 2.34. The summed E-state index contributed by atoms with van der Waals surface area (Å²) in [7, 11) is 0. The zero-order valence-corrected chi connectivity index (χ0v) is 13.7.